The highest BCUT2D eigenvalue weighted by molar-refractivity contribution is 6.08. The Morgan fingerprint density at radius 2 is 1.51 bits per heavy atom. The summed E-state index contributed by atoms with van der Waals surface area (Å²) in [5, 5.41) is 11.2. The van der Waals surface area contributed by atoms with Gasteiger partial charge in [0.1, 0.15) is 5.75 Å². The van der Waals surface area contributed by atoms with E-state index in [1.165, 1.54) is 19.6 Å². The van der Waals surface area contributed by atoms with E-state index in [4.69, 9.17) is 14.7 Å². The number of nitrogens with one attached hydrogen (secondary N) is 2. The third kappa shape index (κ3) is 8.06. The molecule has 0 spiro atoms. The largest absolute Gasteiger partial charge is 0.494 e. The van der Waals surface area contributed by atoms with Crippen LogP contribution in [0.3, 0.4) is 0 Å². The van der Waals surface area contributed by atoms with Crippen LogP contribution >= 0.6 is 0 Å². The zero-order chi connectivity index (χ0) is 25.8. The average Bonchev–Trinajstić information content (AvgIpc) is 2.89. The molecule has 10 nitrogen and oxygen atoms in total. The average molecular weight is 487 g/mol. The Morgan fingerprint density at radius 3 is 2.06 bits per heavy atom. The topological polar surface area (TPSA) is 120 Å². The molecule has 190 valence electrons. The molecule has 0 heterocycles. The highest BCUT2D eigenvalue weighted by Crippen LogP contribution is 2.23. The number of carbonyl (C=O) groups excluding carboxylic acids is 3. The summed E-state index contributed by atoms with van der Waals surface area (Å²) >= 11 is 0. The lowest BCUT2D eigenvalue weighted by molar-refractivity contribution is -0.140. The molecule has 2 aromatic carbocycles. The maximum Gasteiger partial charge on any atom is 0.275 e. The monoisotopic (exact) mass is 486 g/mol. The minimum atomic E-state index is -1.50. The van der Waals surface area contributed by atoms with Gasteiger partial charge in [-0.2, -0.15) is 0 Å². The fraction of sp³-hybridized carbons (Fsp3) is 0.400. The molecule has 3 N–H and O–H groups in total. The van der Waals surface area contributed by atoms with Crippen LogP contribution in [0.5, 0.6) is 5.75 Å². The second kappa shape index (κ2) is 14.1. The molecule has 0 radical (unpaired) electrons. The van der Waals surface area contributed by atoms with Gasteiger partial charge in [-0.25, -0.2) is 5.48 Å². The number of hydrogen-bond donors (Lipinski definition) is 3. The molecule has 0 bridgehead atoms. The molecule has 0 aromatic heterocycles. The maximum absolute atomic E-state index is 12.8. The van der Waals surface area contributed by atoms with Crippen molar-refractivity contribution >= 4 is 17.7 Å². The normalized spacial score (nSPS) is 11.6. The molecular formula is C25H34N4O6. The van der Waals surface area contributed by atoms with Crippen molar-refractivity contribution in [2.45, 2.75) is 12.5 Å². The molecule has 0 fully saturated rings. The third-order valence-corrected chi connectivity index (χ3v) is 5.51. The smallest absolute Gasteiger partial charge is 0.275 e. The van der Waals surface area contributed by atoms with Crippen molar-refractivity contribution in [3.8, 4) is 16.9 Å². The molecule has 0 aliphatic rings. The SMILES string of the molecule is CNC(=O)C(C(=O)NO)N(C)C(=O)c1ccc(-c2ccc(OCCCN(C)CCOC)cc2)cc1. The summed E-state index contributed by atoms with van der Waals surface area (Å²) in [6, 6.07) is 13.0. The van der Waals surface area contributed by atoms with Gasteiger partial charge >= 0.3 is 0 Å². The highest BCUT2D eigenvalue weighted by Gasteiger charge is 2.33. The van der Waals surface area contributed by atoms with Gasteiger partial charge in [0.15, 0.2) is 6.04 Å². The fourth-order valence-electron chi connectivity index (χ4n) is 3.42. The Bertz CT molecular complexity index is 949. The van der Waals surface area contributed by atoms with Gasteiger partial charge in [-0.05, 0) is 48.9 Å². The van der Waals surface area contributed by atoms with E-state index in [9.17, 15) is 14.4 Å². The number of benzene rings is 2. The van der Waals surface area contributed by atoms with Crippen LogP contribution in [-0.2, 0) is 14.3 Å². The predicted octanol–water partition coefficient (Wildman–Crippen LogP) is 1.39. The summed E-state index contributed by atoms with van der Waals surface area (Å²) in [5.41, 5.74) is 3.56. The van der Waals surface area contributed by atoms with Gasteiger partial charge in [0, 0.05) is 39.9 Å². The Balaban J connectivity index is 1.96. The second-order valence-corrected chi connectivity index (χ2v) is 8.01. The lowest BCUT2D eigenvalue weighted by Gasteiger charge is -2.25. The van der Waals surface area contributed by atoms with E-state index in [0.29, 0.717) is 18.8 Å². The first kappa shape index (κ1) is 27.8. The molecule has 35 heavy (non-hydrogen) atoms. The van der Waals surface area contributed by atoms with E-state index < -0.39 is 23.8 Å². The number of hydrogen-bond acceptors (Lipinski definition) is 7. The first-order valence-corrected chi connectivity index (χ1v) is 11.3. The zero-order valence-electron chi connectivity index (χ0n) is 20.6. The number of carbonyl (C=O) groups is 3. The number of likely N-dealkylation sites (N-methyl/N-ethyl adjacent to an activating group) is 3. The van der Waals surface area contributed by atoms with Crippen LogP contribution in [0.4, 0.5) is 0 Å². The Morgan fingerprint density at radius 1 is 0.914 bits per heavy atom. The second-order valence-electron chi connectivity index (χ2n) is 8.01. The van der Waals surface area contributed by atoms with E-state index in [1.54, 1.807) is 31.4 Å². The number of ether oxygens (including phenoxy) is 2. The molecular weight excluding hydrogens is 452 g/mol. The molecule has 0 aliphatic heterocycles. The van der Waals surface area contributed by atoms with Crippen LogP contribution in [0.2, 0.25) is 0 Å². The van der Waals surface area contributed by atoms with Gasteiger partial charge in [-0.1, -0.05) is 24.3 Å². The van der Waals surface area contributed by atoms with Crippen LogP contribution in [0, 0.1) is 0 Å². The van der Waals surface area contributed by atoms with Crippen molar-refractivity contribution in [3.05, 3.63) is 54.1 Å². The Kier molecular flexibility index (Phi) is 11.1. The van der Waals surface area contributed by atoms with Crippen LogP contribution in [0.25, 0.3) is 11.1 Å². The van der Waals surface area contributed by atoms with Crippen LogP contribution in [0.15, 0.2) is 48.5 Å². The number of rotatable bonds is 13. The van der Waals surface area contributed by atoms with Crippen LogP contribution < -0.4 is 15.5 Å². The molecule has 2 aromatic rings. The van der Waals surface area contributed by atoms with Crippen molar-refractivity contribution in [1.29, 1.82) is 0 Å². The first-order valence-electron chi connectivity index (χ1n) is 11.3. The van der Waals surface area contributed by atoms with E-state index in [-0.39, 0.29) is 0 Å². The summed E-state index contributed by atoms with van der Waals surface area (Å²) in [4.78, 5) is 39.9. The molecule has 1 unspecified atom stereocenters. The van der Waals surface area contributed by atoms with Crippen LogP contribution in [-0.4, -0.2) is 93.3 Å². The standard InChI is InChI=1S/C25H34N4O6/c1-26-23(30)22(24(31)27-33)29(3)25(32)20-8-6-18(7-9-20)19-10-12-21(13-11-19)35-16-5-14-28(2)15-17-34-4/h6-13,22,33H,5,14-17H2,1-4H3,(H,26,30)(H,27,31). The van der Waals surface area contributed by atoms with Gasteiger partial charge in [-0.3, -0.25) is 19.6 Å². The summed E-state index contributed by atoms with van der Waals surface area (Å²) in [7, 11) is 6.41. The summed E-state index contributed by atoms with van der Waals surface area (Å²) < 4.78 is 10.9. The highest BCUT2D eigenvalue weighted by atomic mass is 16.5. The molecule has 0 saturated carbocycles. The van der Waals surface area contributed by atoms with Crippen molar-refractivity contribution in [3.63, 3.8) is 0 Å². The minimum Gasteiger partial charge on any atom is -0.494 e. The number of methoxy groups -OCH3 is 1. The molecule has 1 atom stereocenters. The molecule has 0 aliphatic carbocycles. The van der Waals surface area contributed by atoms with Crippen molar-refractivity contribution in [2.24, 2.45) is 0 Å². The lowest BCUT2D eigenvalue weighted by atomic mass is 10.0. The van der Waals surface area contributed by atoms with Crippen molar-refractivity contribution < 1.29 is 29.1 Å². The third-order valence-electron chi connectivity index (χ3n) is 5.51. The lowest BCUT2D eigenvalue weighted by Crippen LogP contribution is -2.54. The van der Waals surface area contributed by atoms with E-state index in [2.05, 4.69) is 17.3 Å². The van der Waals surface area contributed by atoms with Gasteiger partial charge in [0.05, 0.1) is 13.2 Å². The van der Waals surface area contributed by atoms with E-state index >= 15 is 0 Å². The van der Waals surface area contributed by atoms with E-state index in [0.717, 1.165) is 41.3 Å². The summed E-state index contributed by atoms with van der Waals surface area (Å²) in [6.07, 6.45) is 0.909. The Labute approximate surface area is 205 Å². The maximum atomic E-state index is 12.8. The van der Waals surface area contributed by atoms with Gasteiger partial charge in [-0.15, -0.1) is 0 Å². The quantitative estimate of drug-likeness (QED) is 0.169. The minimum absolute atomic E-state index is 0.298. The number of amides is 3. The molecule has 10 heteroatoms. The Hall–Kier alpha value is -3.47. The molecule has 0 saturated heterocycles. The fourth-order valence-corrected chi connectivity index (χ4v) is 3.42. The van der Waals surface area contributed by atoms with Gasteiger partial charge < -0.3 is 24.6 Å². The van der Waals surface area contributed by atoms with Crippen molar-refractivity contribution in [1.82, 2.24) is 20.6 Å². The number of hydroxylamine groups is 1. The van der Waals surface area contributed by atoms with Crippen molar-refractivity contribution in [2.75, 3.05) is 54.6 Å². The summed E-state index contributed by atoms with van der Waals surface area (Å²) in [6.45, 7) is 3.14. The van der Waals surface area contributed by atoms with Gasteiger partial charge in [0.2, 0.25) is 0 Å². The zero-order valence-corrected chi connectivity index (χ0v) is 20.6. The molecule has 3 amide bonds. The van der Waals surface area contributed by atoms with Crippen LogP contribution in [0.1, 0.15) is 16.8 Å². The predicted molar refractivity (Wildman–Crippen MR) is 131 cm³/mol. The summed E-state index contributed by atoms with van der Waals surface area (Å²) in [5.74, 6) is -1.48. The van der Waals surface area contributed by atoms with Gasteiger partial charge in [0.25, 0.3) is 17.7 Å². The van der Waals surface area contributed by atoms with E-state index in [1.807, 2.05) is 24.3 Å². The first-order chi connectivity index (χ1) is 16.8. The number of nitrogens with zero attached hydrogens (tertiary/aromatic N) is 2. The molecule has 2 rings (SSSR count).